The molecular weight excluding hydrogens is 257 g/mol. The van der Waals surface area contributed by atoms with Gasteiger partial charge in [0.2, 0.25) is 5.95 Å². The molecule has 1 aliphatic rings. The highest BCUT2D eigenvalue weighted by Gasteiger charge is 2.35. The molecule has 0 aliphatic heterocycles. The van der Waals surface area contributed by atoms with Crippen LogP contribution < -0.4 is 11.1 Å². The Kier molecular flexibility index (Phi) is 3.32. The van der Waals surface area contributed by atoms with Gasteiger partial charge in [-0.1, -0.05) is 13.8 Å². The molecule has 1 fully saturated rings. The predicted octanol–water partition coefficient (Wildman–Crippen LogP) is 3.07. The average molecular weight is 274 g/mol. The van der Waals surface area contributed by atoms with Crippen molar-refractivity contribution in [2.45, 2.75) is 45.3 Å². The van der Waals surface area contributed by atoms with Crippen molar-refractivity contribution in [1.82, 2.24) is 9.97 Å². The lowest BCUT2D eigenvalue weighted by Gasteiger charge is -2.18. The van der Waals surface area contributed by atoms with E-state index in [1.54, 1.807) is 0 Å². The molecule has 7 heteroatoms. The van der Waals surface area contributed by atoms with Crippen molar-refractivity contribution in [2.75, 3.05) is 11.1 Å². The Morgan fingerprint density at radius 2 is 2.05 bits per heavy atom. The third-order valence-corrected chi connectivity index (χ3v) is 3.35. The number of hydrogen-bond acceptors (Lipinski definition) is 4. The maximum Gasteiger partial charge on any atom is 0.433 e. The van der Waals surface area contributed by atoms with Gasteiger partial charge in [0.25, 0.3) is 0 Å². The third kappa shape index (κ3) is 3.48. The number of alkyl halides is 3. The standard InChI is InChI=1S/C12H17F3N4/c1-11(2)4-3-7(6-11)17-9-5-8(12(13,14)15)18-10(16)19-9/h5,7H,3-4,6H2,1-2H3,(H3,16,17,18,19). The van der Waals surface area contributed by atoms with Gasteiger partial charge in [0.1, 0.15) is 5.82 Å². The number of nitrogens with zero attached hydrogens (tertiary/aromatic N) is 2. The first-order valence-electron chi connectivity index (χ1n) is 6.14. The zero-order valence-corrected chi connectivity index (χ0v) is 10.9. The van der Waals surface area contributed by atoms with Crippen LogP contribution >= 0.6 is 0 Å². The van der Waals surface area contributed by atoms with Crippen LogP contribution in [0.1, 0.15) is 38.8 Å². The van der Waals surface area contributed by atoms with E-state index in [1.807, 2.05) is 0 Å². The Morgan fingerprint density at radius 1 is 1.37 bits per heavy atom. The van der Waals surface area contributed by atoms with Crippen LogP contribution in [0.5, 0.6) is 0 Å². The molecule has 3 N–H and O–H groups in total. The Labute approximate surface area is 109 Å². The van der Waals surface area contributed by atoms with E-state index in [9.17, 15) is 13.2 Å². The van der Waals surface area contributed by atoms with Crippen molar-refractivity contribution in [2.24, 2.45) is 5.41 Å². The van der Waals surface area contributed by atoms with Crippen LogP contribution in [-0.4, -0.2) is 16.0 Å². The molecule has 0 aromatic carbocycles. The Balaban J connectivity index is 2.15. The van der Waals surface area contributed by atoms with Gasteiger partial charge in [0.15, 0.2) is 5.69 Å². The molecule has 0 spiro atoms. The molecule has 1 heterocycles. The molecule has 4 nitrogen and oxygen atoms in total. The third-order valence-electron chi connectivity index (χ3n) is 3.35. The number of anilines is 2. The smallest absolute Gasteiger partial charge is 0.368 e. The lowest BCUT2D eigenvalue weighted by Crippen LogP contribution is -2.20. The molecule has 1 aliphatic carbocycles. The normalized spacial score (nSPS) is 22.5. The molecule has 1 atom stereocenters. The second-order valence-corrected chi connectivity index (χ2v) is 5.74. The van der Waals surface area contributed by atoms with E-state index >= 15 is 0 Å². The molecule has 106 valence electrons. The number of nitrogens with one attached hydrogen (secondary N) is 1. The maximum atomic E-state index is 12.6. The van der Waals surface area contributed by atoms with Gasteiger partial charge >= 0.3 is 6.18 Å². The van der Waals surface area contributed by atoms with Crippen molar-refractivity contribution in [3.05, 3.63) is 11.8 Å². The van der Waals surface area contributed by atoms with E-state index in [4.69, 9.17) is 5.73 Å². The van der Waals surface area contributed by atoms with Gasteiger partial charge in [0, 0.05) is 12.1 Å². The largest absolute Gasteiger partial charge is 0.433 e. The first kappa shape index (κ1) is 13.9. The predicted molar refractivity (Wildman–Crippen MR) is 66.5 cm³/mol. The van der Waals surface area contributed by atoms with E-state index in [-0.39, 0.29) is 23.2 Å². The minimum atomic E-state index is -4.51. The highest BCUT2D eigenvalue weighted by atomic mass is 19.4. The van der Waals surface area contributed by atoms with Crippen LogP contribution in [0.3, 0.4) is 0 Å². The zero-order valence-electron chi connectivity index (χ0n) is 10.9. The number of hydrogen-bond donors (Lipinski definition) is 2. The van der Waals surface area contributed by atoms with Crippen LogP contribution in [0.25, 0.3) is 0 Å². The highest BCUT2D eigenvalue weighted by molar-refractivity contribution is 5.42. The van der Waals surface area contributed by atoms with Crippen LogP contribution in [0.15, 0.2) is 6.07 Å². The molecule has 0 saturated heterocycles. The summed E-state index contributed by atoms with van der Waals surface area (Å²) >= 11 is 0. The molecule has 0 radical (unpaired) electrons. The van der Waals surface area contributed by atoms with Crippen LogP contribution in [0, 0.1) is 5.41 Å². The summed E-state index contributed by atoms with van der Waals surface area (Å²) in [5.74, 6) is -0.225. The van der Waals surface area contributed by atoms with Gasteiger partial charge in [-0.25, -0.2) is 4.98 Å². The monoisotopic (exact) mass is 274 g/mol. The Hall–Kier alpha value is -1.53. The summed E-state index contributed by atoms with van der Waals surface area (Å²) in [7, 11) is 0. The second-order valence-electron chi connectivity index (χ2n) is 5.74. The van der Waals surface area contributed by atoms with E-state index in [1.165, 1.54) is 0 Å². The van der Waals surface area contributed by atoms with Crippen molar-refractivity contribution >= 4 is 11.8 Å². The Morgan fingerprint density at radius 3 is 2.58 bits per heavy atom. The lowest BCUT2D eigenvalue weighted by molar-refractivity contribution is -0.141. The van der Waals surface area contributed by atoms with Crippen molar-refractivity contribution < 1.29 is 13.2 Å². The summed E-state index contributed by atoms with van der Waals surface area (Å²) in [5, 5.41) is 3.02. The fraction of sp³-hybridized carbons (Fsp3) is 0.667. The number of rotatable bonds is 2. The first-order valence-corrected chi connectivity index (χ1v) is 6.14. The first-order chi connectivity index (χ1) is 8.66. The minimum Gasteiger partial charge on any atom is -0.368 e. The van der Waals surface area contributed by atoms with E-state index < -0.39 is 11.9 Å². The quantitative estimate of drug-likeness (QED) is 0.870. The van der Waals surface area contributed by atoms with Crippen molar-refractivity contribution in [1.29, 1.82) is 0 Å². The van der Waals surface area contributed by atoms with Crippen molar-refractivity contribution in [3.8, 4) is 0 Å². The molecule has 0 bridgehead atoms. The summed E-state index contributed by atoms with van der Waals surface area (Å²) in [6.45, 7) is 4.29. The van der Waals surface area contributed by atoms with Gasteiger partial charge in [0.05, 0.1) is 0 Å². The fourth-order valence-electron chi connectivity index (χ4n) is 2.45. The van der Waals surface area contributed by atoms with E-state index in [2.05, 4.69) is 29.1 Å². The summed E-state index contributed by atoms with van der Waals surface area (Å²) in [6.07, 6.45) is -1.66. The summed E-state index contributed by atoms with van der Waals surface area (Å²) in [4.78, 5) is 7.02. The van der Waals surface area contributed by atoms with Gasteiger partial charge in [-0.3, -0.25) is 0 Å². The molecule has 1 aromatic rings. The van der Waals surface area contributed by atoms with Crippen LogP contribution in [0.4, 0.5) is 24.9 Å². The number of nitrogen functional groups attached to an aromatic ring is 1. The van der Waals surface area contributed by atoms with E-state index in [0.717, 1.165) is 25.3 Å². The molecule has 1 saturated carbocycles. The molecule has 19 heavy (non-hydrogen) atoms. The topological polar surface area (TPSA) is 63.8 Å². The van der Waals surface area contributed by atoms with Gasteiger partial charge in [-0.15, -0.1) is 0 Å². The van der Waals surface area contributed by atoms with E-state index in [0.29, 0.717) is 0 Å². The van der Waals surface area contributed by atoms with Gasteiger partial charge < -0.3 is 11.1 Å². The minimum absolute atomic E-state index is 0.130. The average Bonchev–Trinajstić information content (AvgIpc) is 2.55. The summed E-state index contributed by atoms with van der Waals surface area (Å²) in [6, 6.07) is 1.03. The SMILES string of the molecule is CC1(C)CCC(Nc2cc(C(F)(F)F)nc(N)n2)C1. The molecule has 2 rings (SSSR count). The fourth-order valence-corrected chi connectivity index (χ4v) is 2.45. The maximum absolute atomic E-state index is 12.6. The second kappa shape index (κ2) is 4.54. The van der Waals surface area contributed by atoms with Gasteiger partial charge in [-0.05, 0) is 24.7 Å². The van der Waals surface area contributed by atoms with Gasteiger partial charge in [-0.2, -0.15) is 18.2 Å². The molecule has 1 aromatic heterocycles. The number of aromatic nitrogens is 2. The molecule has 1 unspecified atom stereocenters. The Bertz CT molecular complexity index is 471. The van der Waals surface area contributed by atoms with Crippen molar-refractivity contribution in [3.63, 3.8) is 0 Å². The molecule has 0 amide bonds. The zero-order chi connectivity index (χ0) is 14.3. The summed E-state index contributed by atoms with van der Waals surface area (Å²) in [5.41, 5.74) is 4.52. The molecular formula is C12H17F3N4. The lowest BCUT2D eigenvalue weighted by atomic mass is 9.92. The summed E-state index contributed by atoms with van der Waals surface area (Å²) < 4.78 is 37.8. The van der Waals surface area contributed by atoms with Crippen LogP contribution in [0.2, 0.25) is 0 Å². The highest BCUT2D eigenvalue weighted by Crippen LogP contribution is 2.38. The number of halogens is 3. The van der Waals surface area contributed by atoms with Crippen LogP contribution in [-0.2, 0) is 6.18 Å². The number of nitrogens with two attached hydrogens (primary N) is 1.